The average Bonchev–Trinajstić information content (AvgIpc) is 2.50. The van der Waals surface area contributed by atoms with Gasteiger partial charge in [0.15, 0.2) is 0 Å². The van der Waals surface area contributed by atoms with E-state index in [1.165, 1.54) is 23.1 Å². The number of nitrogens with one attached hydrogen (secondary N) is 1. The smallest absolute Gasteiger partial charge is 0.0472 e. The van der Waals surface area contributed by atoms with Gasteiger partial charge < -0.3 is 5.32 Å². The van der Waals surface area contributed by atoms with Gasteiger partial charge in [-0.2, -0.15) is 0 Å². The summed E-state index contributed by atoms with van der Waals surface area (Å²) in [5.74, 6) is 0. The lowest BCUT2D eigenvalue weighted by atomic mass is 9.93. The maximum absolute atomic E-state index is 3.60. The van der Waals surface area contributed by atoms with Crippen molar-refractivity contribution in [2.24, 2.45) is 0 Å². The van der Waals surface area contributed by atoms with E-state index in [-0.39, 0.29) is 0 Å². The zero-order chi connectivity index (χ0) is 13.8. The summed E-state index contributed by atoms with van der Waals surface area (Å²) in [5.41, 5.74) is 4.35. The molecule has 0 amide bonds. The molecule has 0 aromatic heterocycles. The van der Waals surface area contributed by atoms with Crippen molar-refractivity contribution >= 4 is 0 Å². The topological polar surface area (TPSA) is 15.3 Å². The van der Waals surface area contributed by atoms with Gasteiger partial charge in [0, 0.05) is 25.7 Å². The number of nitrogens with zero attached hydrogens (tertiary/aromatic N) is 1. The van der Waals surface area contributed by atoms with Gasteiger partial charge in [-0.25, -0.2) is 0 Å². The second kappa shape index (κ2) is 6.21. The molecule has 2 heteroatoms. The fourth-order valence-electron chi connectivity index (χ4n) is 2.99. The molecule has 0 fully saturated rings. The van der Waals surface area contributed by atoms with Gasteiger partial charge in [-0.05, 0) is 30.2 Å². The van der Waals surface area contributed by atoms with Crippen molar-refractivity contribution < 1.29 is 0 Å². The van der Waals surface area contributed by atoms with E-state index in [1.807, 2.05) is 0 Å². The van der Waals surface area contributed by atoms with Crippen molar-refractivity contribution in [3.8, 4) is 0 Å². The molecule has 1 unspecified atom stereocenters. The van der Waals surface area contributed by atoms with Crippen molar-refractivity contribution in [1.82, 2.24) is 10.2 Å². The van der Waals surface area contributed by atoms with Crippen molar-refractivity contribution in [3.05, 3.63) is 71.3 Å². The fraction of sp³-hybridized carbons (Fsp3) is 0.333. The van der Waals surface area contributed by atoms with E-state index in [9.17, 15) is 0 Å². The van der Waals surface area contributed by atoms with Crippen LogP contribution in [0.1, 0.15) is 22.7 Å². The normalized spacial score (nSPS) is 18.8. The number of hydrogen-bond donors (Lipinski definition) is 1. The lowest BCUT2D eigenvalue weighted by molar-refractivity contribution is 0.224. The Balaban J connectivity index is 1.65. The van der Waals surface area contributed by atoms with E-state index < -0.39 is 0 Å². The van der Waals surface area contributed by atoms with Gasteiger partial charge >= 0.3 is 0 Å². The SMILES string of the molecule is CN1CCc2ccccc2C1CNCc1ccccc1. The van der Waals surface area contributed by atoms with Crippen molar-refractivity contribution in [1.29, 1.82) is 0 Å². The van der Waals surface area contributed by atoms with Crippen LogP contribution in [0.25, 0.3) is 0 Å². The first-order valence-corrected chi connectivity index (χ1v) is 7.37. The van der Waals surface area contributed by atoms with E-state index in [2.05, 4.69) is 71.9 Å². The molecule has 3 rings (SSSR count). The summed E-state index contributed by atoms with van der Waals surface area (Å²) in [4.78, 5) is 2.46. The molecule has 2 aromatic carbocycles. The number of hydrogen-bond acceptors (Lipinski definition) is 2. The standard InChI is InChI=1S/C18H22N2/c1-20-12-11-16-9-5-6-10-17(16)18(20)14-19-13-15-7-3-2-4-8-15/h2-10,18-19H,11-14H2,1H3. The van der Waals surface area contributed by atoms with E-state index >= 15 is 0 Å². The highest BCUT2D eigenvalue weighted by Crippen LogP contribution is 2.27. The van der Waals surface area contributed by atoms with Crippen LogP contribution in [0.15, 0.2) is 54.6 Å². The second-order valence-corrected chi connectivity index (χ2v) is 5.56. The number of benzene rings is 2. The van der Waals surface area contributed by atoms with E-state index in [1.54, 1.807) is 0 Å². The summed E-state index contributed by atoms with van der Waals surface area (Å²) < 4.78 is 0. The van der Waals surface area contributed by atoms with Crippen LogP contribution in [0, 0.1) is 0 Å². The van der Waals surface area contributed by atoms with Crippen LogP contribution in [-0.2, 0) is 13.0 Å². The summed E-state index contributed by atoms with van der Waals surface area (Å²) in [6.45, 7) is 3.09. The number of fused-ring (bicyclic) bond motifs is 1. The molecule has 2 nitrogen and oxygen atoms in total. The zero-order valence-corrected chi connectivity index (χ0v) is 12.0. The van der Waals surface area contributed by atoms with Gasteiger partial charge in [-0.3, -0.25) is 4.90 Å². The Kier molecular flexibility index (Phi) is 4.14. The molecule has 1 heterocycles. The van der Waals surface area contributed by atoms with Crippen molar-refractivity contribution in [2.75, 3.05) is 20.1 Å². The van der Waals surface area contributed by atoms with E-state index in [0.29, 0.717) is 6.04 Å². The summed E-state index contributed by atoms with van der Waals surface area (Å²) >= 11 is 0. The predicted molar refractivity (Wildman–Crippen MR) is 83.7 cm³/mol. The van der Waals surface area contributed by atoms with Crippen LogP contribution in [-0.4, -0.2) is 25.0 Å². The molecule has 2 aromatic rings. The quantitative estimate of drug-likeness (QED) is 0.915. The monoisotopic (exact) mass is 266 g/mol. The van der Waals surface area contributed by atoms with Gasteiger partial charge in [0.05, 0.1) is 0 Å². The van der Waals surface area contributed by atoms with Gasteiger partial charge in [-0.1, -0.05) is 54.6 Å². The Morgan fingerprint density at radius 1 is 1.05 bits per heavy atom. The molecule has 1 aliphatic heterocycles. The molecule has 1 atom stereocenters. The summed E-state index contributed by atoms with van der Waals surface area (Å²) in [7, 11) is 2.23. The molecule has 1 aliphatic rings. The minimum atomic E-state index is 0.490. The minimum absolute atomic E-state index is 0.490. The summed E-state index contributed by atoms with van der Waals surface area (Å²) in [5, 5.41) is 3.60. The molecule has 0 saturated carbocycles. The Labute approximate surface area is 121 Å². The third-order valence-electron chi connectivity index (χ3n) is 4.19. The Morgan fingerprint density at radius 3 is 2.65 bits per heavy atom. The third kappa shape index (κ3) is 2.92. The molecule has 0 saturated heterocycles. The van der Waals surface area contributed by atoms with Crippen LogP contribution >= 0.6 is 0 Å². The summed E-state index contributed by atoms with van der Waals surface area (Å²) in [6, 6.07) is 19.9. The molecule has 104 valence electrons. The van der Waals surface area contributed by atoms with Gasteiger partial charge in [0.1, 0.15) is 0 Å². The highest BCUT2D eigenvalue weighted by Gasteiger charge is 2.23. The lowest BCUT2D eigenvalue weighted by Crippen LogP contribution is -2.38. The van der Waals surface area contributed by atoms with Crippen molar-refractivity contribution in [2.45, 2.75) is 19.0 Å². The zero-order valence-electron chi connectivity index (χ0n) is 12.0. The minimum Gasteiger partial charge on any atom is -0.311 e. The Hall–Kier alpha value is -1.64. The van der Waals surface area contributed by atoms with Crippen LogP contribution < -0.4 is 5.32 Å². The maximum Gasteiger partial charge on any atom is 0.0472 e. The first-order valence-electron chi connectivity index (χ1n) is 7.37. The number of rotatable bonds is 4. The Bertz CT molecular complexity index is 550. The molecule has 0 spiro atoms. The first kappa shape index (κ1) is 13.3. The third-order valence-corrected chi connectivity index (χ3v) is 4.19. The first-order chi connectivity index (χ1) is 9.84. The van der Waals surface area contributed by atoms with Gasteiger partial charge in [0.2, 0.25) is 0 Å². The molecule has 0 aliphatic carbocycles. The molecular formula is C18H22N2. The van der Waals surface area contributed by atoms with Gasteiger partial charge in [0.25, 0.3) is 0 Å². The molecular weight excluding hydrogens is 244 g/mol. The van der Waals surface area contributed by atoms with Crippen LogP contribution in [0.5, 0.6) is 0 Å². The summed E-state index contributed by atoms with van der Waals surface area (Å²) in [6.07, 6.45) is 1.17. The predicted octanol–water partition coefficient (Wildman–Crippen LogP) is 3.01. The maximum atomic E-state index is 3.60. The van der Waals surface area contributed by atoms with E-state index in [4.69, 9.17) is 0 Å². The van der Waals surface area contributed by atoms with Crippen molar-refractivity contribution in [3.63, 3.8) is 0 Å². The molecule has 0 radical (unpaired) electrons. The highest BCUT2D eigenvalue weighted by atomic mass is 15.2. The highest BCUT2D eigenvalue weighted by molar-refractivity contribution is 5.32. The van der Waals surface area contributed by atoms with Crippen LogP contribution in [0.3, 0.4) is 0 Å². The van der Waals surface area contributed by atoms with E-state index in [0.717, 1.165) is 19.6 Å². The lowest BCUT2D eigenvalue weighted by Gasteiger charge is -2.34. The largest absolute Gasteiger partial charge is 0.311 e. The second-order valence-electron chi connectivity index (χ2n) is 5.56. The molecule has 0 bridgehead atoms. The van der Waals surface area contributed by atoms with Gasteiger partial charge in [-0.15, -0.1) is 0 Å². The Morgan fingerprint density at radius 2 is 1.80 bits per heavy atom. The van der Waals surface area contributed by atoms with Crippen LogP contribution in [0.2, 0.25) is 0 Å². The van der Waals surface area contributed by atoms with Crippen LogP contribution in [0.4, 0.5) is 0 Å². The fourth-order valence-corrected chi connectivity index (χ4v) is 2.99. The molecule has 1 N–H and O–H groups in total. The molecule has 20 heavy (non-hydrogen) atoms. The average molecular weight is 266 g/mol. The number of likely N-dealkylation sites (N-methyl/N-ethyl adjacent to an activating group) is 1.